The number of hydrogen-bond donors (Lipinski definition) is 0. The quantitative estimate of drug-likeness (QED) is 0.474. The largest absolute Gasteiger partial charge is 0.451 e. The number of benzene rings is 2. The molecule has 0 unspecified atom stereocenters. The molecule has 2 heterocycles. The lowest BCUT2D eigenvalue weighted by Gasteiger charge is -2.35. The van der Waals surface area contributed by atoms with Gasteiger partial charge in [-0.2, -0.15) is 0 Å². The van der Waals surface area contributed by atoms with E-state index in [4.69, 9.17) is 4.42 Å². The number of hydrogen-bond acceptors (Lipinski definition) is 5. The summed E-state index contributed by atoms with van der Waals surface area (Å²) in [5.41, 5.74) is 4.35. The number of nitrogens with zero attached hydrogens (tertiary/aromatic N) is 3. The molecule has 1 aliphatic rings. The molecule has 0 saturated carbocycles. The van der Waals surface area contributed by atoms with E-state index in [9.17, 15) is 14.9 Å². The molecule has 1 aromatic heterocycles. The van der Waals surface area contributed by atoms with Gasteiger partial charge in [0.15, 0.2) is 5.76 Å². The van der Waals surface area contributed by atoms with Crippen molar-refractivity contribution >= 4 is 17.3 Å². The fraction of sp³-hybridized carbons (Fsp3) is 0.261. The molecule has 4 rings (SSSR count). The van der Waals surface area contributed by atoms with E-state index in [1.54, 1.807) is 23.1 Å². The van der Waals surface area contributed by atoms with Gasteiger partial charge in [-0.1, -0.05) is 12.1 Å². The van der Waals surface area contributed by atoms with Gasteiger partial charge in [-0.15, -0.1) is 0 Å². The van der Waals surface area contributed by atoms with Crippen molar-refractivity contribution in [3.63, 3.8) is 0 Å². The van der Waals surface area contributed by atoms with Crippen LogP contribution in [0.15, 0.2) is 59.0 Å². The number of carbonyl (C=O) groups is 1. The van der Waals surface area contributed by atoms with Gasteiger partial charge < -0.3 is 14.2 Å². The predicted molar refractivity (Wildman–Crippen MR) is 115 cm³/mol. The summed E-state index contributed by atoms with van der Waals surface area (Å²) < 4.78 is 5.86. The molecule has 0 bridgehead atoms. The summed E-state index contributed by atoms with van der Waals surface area (Å²) in [6.07, 6.45) is 0. The third-order valence-electron chi connectivity index (χ3n) is 5.60. The Bertz CT molecular complexity index is 1080. The maximum Gasteiger partial charge on any atom is 0.289 e. The van der Waals surface area contributed by atoms with Gasteiger partial charge in [0.2, 0.25) is 0 Å². The minimum absolute atomic E-state index is 0.0740. The van der Waals surface area contributed by atoms with Gasteiger partial charge in [0.05, 0.1) is 4.92 Å². The fourth-order valence-corrected chi connectivity index (χ4v) is 3.61. The summed E-state index contributed by atoms with van der Waals surface area (Å²) in [7, 11) is 0. The lowest BCUT2D eigenvalue weighted by Crippen LogP contribution is -2.48. The van der Waals surface area contributed by atoms with Crippen molar-refractivity contribution in [3.8, 4) is 11.3 Å². The molecule has 2 aromatic carbocycles. The molecule has 1 saturated heterocycles. The average molecular weight is 405 g/mol. The lowest BCUT2D eigenvalue weighted by molar-refractivity contribution is -0.384. The highest BCUT2D eigenvalue weighted by atomic mass is 16.6. The highest BCUT2D eigenvalue weighted by molar-refractivity contribution is 5.92. The van der Waals surface area contributed by atoms with Crippen LogP contribution < -0.4 is 4.90 Å². The first-order valence-corrected chi connectivity index (χ1v) is 9.88. The summed E-state index contributed by atoms with van der Waals surface area (Å²) in [5, 5.41) is 10.8. The SMILES string of the molecule is Cc1ccc(-c2ccc(C(=O)N3CCN(c4ccc([N+](=O)[O-])cc4)CC3)o2)cc1C. The van der Waals surface area contributed by atoms with Crippen molar-refractivity contribution < 1.29 is 14.1 Å². The highest BCUT2D eigenvalue weighted by Gasteiger charge is 2.25. The molecule has 0 aliphatic carbocycles. The molecule has 1 amide bonds. The number of piperazine rings is 1. The molecule has 7 nitrogen and oxygen atoms in total. The summed E-state index contributed by atoms with van der Waals surface area (Å²) >= 11 is 0. The first-order chi connectivity index (χ1) is 14.4. The molecule has 7 heteroatoms. The smallest absolute Gasteiger partial charge is 0.289 e. The van der Waals surface area contributed by atoms with E-state index in [1.165, 1.54) is 23.3 Å². The van der Waals surface area contributed by atoms with E-state index in [1.807, 2.05) is 18.2 Å². The van der Waals surface area contributed by atoms with Crippen LogP contribution in [0.3, 0.4) is 0 Å². The molecule has 3 aromatic rings. The van der Waals surface area contributed by atoms with Crippen LogP contribution in [0.1, 0.15) is 21.7 Å². The molecule has 1 aliphatic heterocycles. The zero-order chi connectivity index (χ0) is 21.3. The van der Waals surface area contributed by atoms with Crippen LogP contribution in [-0.2, 0) is 0 Å². The Balaban J connectivity index is 1.40. The average Bonchev–Trinajstić information content (AvgIpc) is 3.25. The zero-order valence-electron chi connectivity index (χ0n) is 17.0. The minimum Gasteiger partial charge on any atom is -0.451 e. The molecule has 0 radical (unpaired) electrons. The van der Waals surface area contributed by atoms with Crippen molar-refractivity contribution in [3.05, 3.63) is 81.6 Å². The number of nitro groups is 1. The fourth-order valence-electron chi connectivity index (χ4n) is 3.61. The Hall–Kier alpha value is -3.61. The van der Waals surface area contributed by atoms with E-state index in [0.717, 1.165) is 11.3 Å². The summed E-state index contributed by atoms with van der Waals surface area (Å²) in [5.74, 6) is 0.909. The van der Waals surface area contributed by atoms with Crippen LogP contribution in [0, 0.1) is 24.0 Å². The van der Waals surface area contributed by atoms with E-state index < -0.39 is 4.92 Å². The standard InChI is InChI=1S/C23H23N3O4/c1-16-3-4-18(15-17(16)2)21-9-10-22(30-21)23(27)25-13-11-24(12-14-25)19-5-7-20(8-6-19)26(28)29/h3-10,15H,11-14H2,1-2H3. The van der Waals surface area contributed by atoms with Gasteiger partial charge in [0.1, 0.15) is 5.76 Å². The lowest BCUT2D eigenvalue weighted by atomic mass is 10.1. The van der Waals surface area contributed by atoms with Gasteiger partial charge in [0.25, 0.3) is 11.6 Å². The maximum absolute atomic E-state index is 12.9. The third kappa shape index (κ3) is 3.91. The summed E-state index contributed by atoms with van der Waals surface area (Å²) in [6.45, 7) is 6.57. The molecular weight excluding hydrogens is 382 g/mol. The van der Waals surface area contributed by atoms with Gasteiger partial charge in [-0.25, -0.2) is 0 Å². The molecular formula is C23H23N3O4. The third-order valence-corrected chi connectivity index (χ3v) is 5.60. The monoisotopic (exact) mass is 405 g/mol. The van der Waals surface area contributed by atoms with Crippen LogP contribution in [0.5, 0.6) is 0 Å². The van der Waals surface area contributed by atoms with Crippen LogP contribution in [-0.4, -0.2) is 41.9 Å². The second-order valence-electron chi connectivity index (χ2n) is 7.52. The molecule has 1 fully saturated rings. The van der Waals surface area contributed by atoms with Crippen LogP contribution in [0.25, 0.3) is 11.3 Å². The highest BCUT2D eigenvalue weighted by Crippen LogP contribution is 2.26. The van der Waals surface area contributed by atoms with Crippen LogP contribution >= 0.6 is 0 Å². The Morgan fingerprint density at radius 1 is 0.933 bits per heavy atom. The Morgan fingerprint density at radius 3 is 2.27 bits per heavy atom. The number of rotatable bonds is 4. The number of carbonyl (C=O) groups excluding carboxylic acids is 1. The Morgan fingerprint density at radius 2 is 1.63 bits per heavy atom. The van der Waals surface area contributed by atoms with Crippen LogP contribution in [0.2, 0.25) is 0 Å². The van der Waals surface area contributed by atoms with Gasteiger partial charge in [-0.05, 0) is 55.3 Å². The van der Waals surface area contributed by atoms with E-state index >= 15 is 0 Å². The summed E-state index contributed by atoms with van der Waals surface area (Å²) in [4.78, 5) is 27.2. The predicted octanol–water partition coefficient (Wildman–Crippen LogP) is 4.43. The van der Waals surface area contributed by atoms with Gasteiger partial charge in [-0.3, -0.25) is 14.9 Å². The zero-order valence-corrected chi connectivity index (χ0v) is 17.0. The van der Waals surface area contributed by atoms with Crippen LogP contribution in [0.4, 0.5) is 11.4 Å². The second kappa shape index (κ2) is 8.02. The number of amides is 1. The first-order valence-electron chi connectivity index (χ1n) is 9.88. The van der Waals surface area contributed by atoms with Gasteiger partial charge >= 0.3 is 0 Å². The molecule has 154 valence electrons. The molecule has 0 spiro atoms. The van der Waals surface area contributed by atoms with Crippen molar-refractivity contribution in [1.82, 2.24) is 4.90 Å². The van der Waals surface area contributed by atoms with E-state index in [0.29, 0.717) is 37.7 Å². The first kappa shape index (κ1) is 19.7. The number of furan rings is 1. The van der Waals surface area contributed by atoms with E-state index in [-0.39, 0.29) is 11.6 Å². The topological polar surface area (TPSA) is 79.8 Å². The molecule has 30 heavy (non-hydrogen) atoms. The van der Waals surface area contributed by atoms with Crippen molar-refractivity contribution in [1.29, 1.82) is 0 Å². The molecule has 0 N–H and O–H groups in total. The normalized spacial score (nSPS) is 14.1. The minimum atomic E-state index is -0.407. The summed E-state index contributed by atoms with van der Waals surface area (Å²) in [6, 6.07) is 16.2. The number of non-ortho nitro benzene ring substituents is 1. The van der Waals surface area contributed by atoms with Crippen molar-refractivity contribution in [2.75, 3.05) is 31.1 Å². The number of anilines is 1. The maximum atomic E-state index is 12.9. The number of nitro benzene ring substituents is 1. The van der Waals surface area contributed by atoms with Crippen molar-refractivity contribution in [2.45, 2.75) is 13.8 Å². The Labute approximate surface area is 174 Å². The number of aryl methyl sites for hydroxylation is 2. The molecule has 0 atom stereocenters. The van der Waals surface area contributed by atoms with E-state index in [2.05, 4.69) is 24.8 Å². The second-order valence-corrected chi connectivity index (χ2v) is 7.52. The Kier molecular flexibility index (Phi) is 5.27. The van der Waals surface area contributed by atoms with Gasteiger partial charge in [0, 0.05) is 49.6 Å². The van der Waals surface area contributed by atoms with Crippen molar-refractivity contribution in [2.24, 2.45) is 0 Å².